The van der Waals surface area contributed by atoms with E-state index in [1.165, 1.54) is 0 Å². The summed E-state index contributed by atoms with van der Waals surface area (Å²) in [5.41, 5.74) is 0.106. The second-order valence-electron chi connectivity index (χ2n) is 7.41. The van der Waals surface area contributed by atoms with Gasteiger partial charge >= 0.3 is 0 Å². The van der Waals surface area contributed by atoms with Gasteiger partial charge in [-0.05, 0) is 26.2 Å². The van der Waals surface area contributed by atoms with Gasteiger partial charge in [-0.15, -0.1) is 0 Å². The largest absolute Gasteiger partial charge is 0.379 e. The zero-order valence-electron chi connectivity index (χ0n) is 15.4. The van der Waals surface area contributed by atoms with Crippen LogP contribution >= 0.6 is 0 Å². The molecule has 0 aliphatic carbocycles. The Hall–Kier alpha value is -0.200. The van der Waals surface area contributed by atoms with E-state index >= 15 is 0 Å². The van der Waals surface area contributed by atoms with Crippen molar-refractivity contribution in [3.8, 4) is 0 Å². The molecule has 0 amide bonds. The highest BCUT2D eigenvalue weighted by molar-refractivity contribution is 4.58. The maximum Gasteiger partial charge on any atom is 0.0707 e. The third-order valence-electron chi connectivity index (χ3n) is 2.41. The Labute approximate surface area is 136 Å². The van der Waals surface area contributed by atoms with Crippen LogP contribution in [0, 0.1) is 5.41 Å². The molecule has 0 aromatic rings. The molecule has 0 N–H and O–H groups in total. The van der Waals surface area contributed by atoms with Crippen LogP contribution in [0.2, 0.25) is 0 Å². The van der Waals surface area contributed by atoms with Crippen LogP contribution in [-0.2, 0) is 23.7 Å². The van der Waals surface area contributed by atoms with Crippen LogP contribution in [0.15, 0.2) is 0 Å². The molecule has 0 unspecified atom stereocenters. The molecule has 0 spiro atoms. The molecule has 5 heteroatoms. The third-order valence-corrected chi connectivity index (χ3v) is 2.41. The fourth-order valence-electron chi connectivity index (χ4n) is 1.44. The Bertz CT molecular complexity index is 216. The Balaban J connectivity index is 3.09. The summed E-state index contributed by atoms with van der Waals surface area (Å²) in [6.07, 6.45) is 0. The van der Waals surface area contributed by atoms with Crippen molar-refractivity contribution >= 4 is 0 Å². The van der Waals surface area contributed by atoms with Crippen LogP contribution in [0.3, 0.4) is 0 Å². The molecule has 134 valence electrons. The van der Waals surface area contributed by atoms with Crippen molar-refractivity contribution < 1.29 is 23.7 Å². The molecule has 0 rings (SSSR count). The van der Waals surface area contributed by atoms with Gasteiger partial charge in [-0.2, -0.15) is 0 Å². The molecule has 0 aromatic carbocycles. The van der Waals surface area contributed by atoms with Crippen LogP contribution in [-0.4, -0.2) is 65.1 Å². The van der Waals surface area contributed by atoms with Gasteiger partial charge in [0.15, 0.2) is 0 Å². The maximum atomic E-state index is 5.54. The van der Waals surface area contributed by atoms with Gasteiger partial charge in [-0.25, -0.2) is 0 Å². The fourth-order valence-corrected chi connectivity index (χ4v) is 1.44. The molecule has 22 heavy (non-hydrogen) atoms. The van der Waals surface area contributed by atoms with Crippen LogP contribution in [0.1, 0.15) is 41.5 Å². The van der Waals surface area contributed by atoms with Crippen LogP contribution < -0.4 is 0 Å². The lowest BCUT2D eigenvalue weighted by atomic mass is 9.99. The van der Waals surface area contributed by atoms with Gasteiger partial charge in [0.25, 0.3) is 0 Å². The maximum absolute atomic E-state index is 5.54. The first-order valence-corrected chi connectivity index (χ1v) is 8.16. The van der Waals surface area contributed by atoms with Gasteiger partial charge in [0.2, 0.25) is 0 Å². The second-order valence-corrected chi connectivity index (χ2v) is 7.41. The monoisotopic (exact) mass is 320 g/mol. The average Bonchev–Trinajstić information content (AvgIpc) is 2.36. The van der Waals surface area contributed by atoms with Gasteiger partial charge < -0.3 is 23.7 Å². The molecule has 0 saturated carbocycles. The summed E-state index contributed by atoms with van der Waals surface area (Å²) in [5, 5.41) is 0. The first-order chi connectivity index (χ1) is 10.2. The summed E-state index contributed by atoms with van der Waals surface area (Å²) < 4.78 is 27.3. The molecule has 5 nitrogen and oxygen atoms in total. The van der Waals surface area contributed by atoms with E-state index in [4.69, 9.17) is 23.7 Å². The van der Waals surface area contributed by atoms with Crippen LogP contribution in [0.4, 0.5) is 0 Å². The van der Waals surface area contributed by atoms with E-state index in [2.05, 4.69) is 20.8 Å². The van der Waals surface area contributed by atoms with E-state index in [9.17, 15) is 0 Å². The summed E-state index contributed by atoms with van der Waals surface area (Å²) in [7, 11) is 0. The Morgan fingerprint density at radius 3 is 1.23 bits per heavy atom. The molecule has 0 radical (unpaired) electrons. The van der Waals surface area contributed by atoms with Crippen molar-refractivity contribution in [2.75, 3.05) is 59.5 Å². The lowest BCUT2D eigenvalue weighted by molar-refractivity contribution is -0.0465. The van der Waals surface area contributed by atoms with Crippen LogP contribution in [0.25, 0.3) is 0 Å². The zero-order valence-corrected chi connectivity index (χ0v) is 15.4. The van der Waals surface area contributed by atoms with E-state index in [0.29, 0.717) is 52.9 Å². The minimum atomic E-state index is -0.103. The molecule has 0 heterocycles. The smallest absolute Gasteiger partial charge is 0.0707 e. The minimum Gasteiger partial charge on any atom is -0.379 e. The van der Waals surface area contributed by atoms with Crippen molar-refractivity contribution in [2.45, 2.75) is 47.1 Å². The lowest BCUT2D eigenvalue weighted by Crippen LogP contribution is -2.22. The van der Waals surface area contributed by atoms with Gasteiger partial charge in [-0.1, -0.05) is 20.8 Å². The quantitative estimate of drug-likeness (QED) is 0.488. The van der Waals surface area contributed by atoms with Crippen molar-refractivity contribution in [3.05, 3.63) is 0 Å². The number of rotatable bonds is 13. The molecule has 0 bridgehead atoms. The Morgan fingerprint density at radius 2 is 0.864 bits per heavy atom. The van der Waals surface area contributed by atoms with Crippen LogP contribution in [0.5, 0.6) is 0 Å². The number of hydrogen-bond donors (Lipinski definition) is 0. The average molecular weight is 320 g/mol. The van der Waals surface area contributed by atoms with E-state index in [-0.39, 0.29) is 11.0 Å². The van der Waals surface area contributed by atoms with Crippen molar-refractivity contribution in [3.63, 3.8) is 0 Å². The molecule has 0 saturated heterocycles. The normalized spacial score (nSPS) is 12.8. The summed E-state index contributed by atoms with van der Waals surface area (Å²) in [6, 6.07) is 0. The highest BCUT2D eigenvalue weighted by atomic mass is 16.6. The number of ether oxygens (including phenoxy) is 5. The van der Waals surface area contributed by atoms with E-state index in [1.807, 2.05) is 20.8 Å². The minimum absolute atomic E-state index is 0.103. The first-order valence-electron chi connectivity index (χ1n) is 8.16. The summed E-state index contributed by atoms with van der Waals surface area (Å²) in [6.45, 7) is 18.1. The zero-order chi connectivity index (χ0) is 16.9. The first kappa shape index (κ1) is 21.8. The SMILES string of the molecule is CC(C)(C)COCCOCCOCCOCCOC(C)(C)C. The van der Waals surface area contributed by atoms with Gasteiger partial charge in [0.1, 0.15) is 0 Å². The van der Waals surface area contributed by atoms with E-state index in [1.54, 1.807) is 0 Å². The summed E-state index contributed by atoms with van der Waals surface area (Å²) >= 11 is 0. The summed E-state index contributed by atoms with van der Waals surface area (Å²) in [5.74, 6) is 0. The lowest BCUT2D eigenvalue weighted by Gasteiger charge is -2.19. The molecular formula is C17H36O5. The predicted octanol–water partition coefficient (Wildman–Crippen LogP) is 2.91. The fraction of sp³-hybridized carbons (Fsp3) is 1.00. The molecule has 0 atom stereocenters. The molecule has 0 aliphatic rings. The predicted molar refractivity (Wildman–Crippen MR) is 88.4 cm³/mol. The highest BCUT2D eigenvalue weighted by Crippen LogP contribution is 2.12. The van der Waals surface area contributed by atoms with Crippen molar-refractivity contribution in [1.29, 1.82) is 0 Å². The van der Waals surface area contributed by atoms with E-state index < -0.39 is 0 Å². The molecule has 0 aromatic heterocycles. The Kier molecular flexibility index (Phi) is 12.1. The third kappa shape index (κ3) is 19.8. The van der Waals surface area contributed by atoms with E-state index in [0.717, 1.165) is 6.61 Å². The van der Waals surface area contributed by atoms with Crippen molar-refractivity contribution in [2.24, 2.45) is 5.41 Å². The summed E-state index contributed by atoms with van der Waals surface area (Å²) in [4.78, 5) is 0. The second kappa shape index (κ2) is 12.3. The number of hydrogen-bond acceptors (Lipinski definition) is 5. The highest BCUT2D eigenvalue weighted by Gasteiger charge is 2.09. The van der Waals surface area contributed by atoms with Crippen molar-refractivity contribution in [1.82, 2.24) is 0 Å². The molecular weight excluding hydrogens is 284 g/mol. The topological polar surface area (TPSA) is 46.2 Å². The Morgan fingerprint density at radius 1 is 0.500 bits per heavy atom. The molecule has 0 aliphatic heterocycles. The molecule has 0 fully saturated rings. The van der Waals surface area contributed by atoms with Gasteiger partial charge in [0.05, 0.1) is 65.1 Å². The van der Waals surface area contributed by atoms with Gasteiger partial charge in [0, 0.05) is 0 Å². The standard InChI is InChI=1S/C17H36O5/c1-16(2,3)15-21-12-11-19-8-7-18-9-10-20-13-14-22-17(4,5)6/h7-15H2,1-6H3. The van der Waals surface area contributed by atoms with Gasteiger partial charge in [-0.3, -0.25) is 0 Å².